The Morgan fingerprint density at radius 1 is 0.828 bits per heavy atom. The monoisotopic (exact) mass is 380 g/mol. The number of hydrogen-bond acceptors (Lipinski definition) is 1. The molecular weight excluding hydrogens is 356 g/mol. The third-order valence-corrected chi connectivity index (χ3v) is 7.16. The van der Waals surface area contributed by atoms with E-state index in [1.54, 1.807) is 24.3 Å². The molecule has 144 valence electrons. The van der Waals surface area contributed by atoms with Gasteiger partial charge in [0.15, 0.2) is 0 Å². The van der Waals surface area contributed by atoms with Crippen molar-refractivity contribution in [3.63, 3.8) is 0 Å². The van der Waals surface area contributed by atoms with E-state index >= 15 is 0 Å². The first-order chi connectivity index (χ1) is 14.1. The Labute approximate surface area is 172 Å². The second-order valence-electron chi connectivity index (χ2n) is 9.13. The normalized spacial score (nSPS) is 28.8. The molecule has 2 aromatic carbocycles. The van der Waals surface area contributed by atoms with Crippen LogP contribution in [0.1, 0.15) is 65.6 Å². The van der Waals surface area contributed by atoms with E-state index in [0.717, 1.165) is 23.3 Å². The van der Waals surface area contributed by atoms with Crippen LogP contribution in [0.4, 0.5) is 0 Å². The highest BCUT2D eigenvalue weighted by atomic mass is 16.4. The SMILES string of the molecule is O=C(O)c1ccccc1C#CC#Cc1ccc(C23CC4CC(CC(C4)C2)C3)cc1. The molecule has 2 nitrogen and oxygen atoms in total. The Morgan fingerprint density at radius 2 is 1.41 bits per heavy atom. The van der Waals surface area contributed by atoms with Gasteiger partial charge in [-0.15, -0.1) is 0 Å². The highest BCUT2D eigenvalue weighted by molar-refractivity contribution is 5.90. The van der Waals surface area contributed by atoms with Gasteiger partial charge < -0.3 is 5.11 Å². The molecule has 0 spiro atoms. The van der Waals surface area contributed by atoms with Crippen molar-refractivity contribution < 1.29 is 9.90 Å². The lowest BCUT2D eigenvalue weighted by atomic mass is 9.48. The molecule has 4 saturated carbocycles. The molecule has 0 aliphatic heterocycles. The predicted molar refractivity (Wildman–Crippen MR) is 113 cm³/mol. The lowest BCUT2D eigenvalue weighted by Gasteiger charge is -2.57. The van der Waals surface area contributed by atoms with Crippen molar-refractivity contribution >= 4 is 5.97 Å². The molecule has 2 heteroatoms. The van der Waals surface area contributed by atoms with Crippen molar-refractivity contribution in [1.82, 2.24) is 0 Å². The largest absolute Gasteiger partial charge is 0.478 e. The molecule has 0 radical (unpaired) electrons. The molecule has 0 saturated heterocycles. The molecule has 1 N–H and O–H groups in total. The fraction of sp³-hybridized carbons (Fsp3) is 0.370. The van der Waals surface area contributed by atoms with Crippen LogP contribution >= 0.6 is 0 Å². The molecule has 4 bridgehead atoms. The molecule has 29 heavy (non-hydrogen) atoms. The van der Waals surface area contributed by atoms with Crippen molar-refractivity contribution in [2.45, 2.75) is 43.9 Å². The van der Waals surface area contributed by atoms with Crippen molar-refractivity contribution in [1.29, 1.82) is 0 Å². The van der Waals surface area contributed by atoms with Gasteiger partial charge in [0, 0.05) is 11.1 Å². The molecule has 4 aliphatic carbocycles. The second-order valence-corrected chi connectivity index (χ2v) is 9.13. The average Bonchev–Trinajstić information content (AvgIpc) is 2.71. The van der Waals surface area contributed by atoms with Crippen LogP contribution in [0, 0.1) is 41.4 Å². The van der Waals surface area contributed by atoms with E-state index in [4.69, 9.17) is 0 Å². The van der Waals surface area contributed by atoms with Crippen LogP contribution in [0.5, 0.6) is 0 Å². The van der Waals surface area contributed by atoms with Crippen molar-refractivity contribution in [2.75, 3.05) is 0 Å². The quantitative estimate of drug-likeness (QED) is 0.722. The maximum absolute atomic E-state index is 11.2. The van der Waals surface area contributed by atoms with E-state index in [0.29, 0.717) is 11.0 Å². The van der Waals surface area contributed by atoms with Crippen LogP contribution in [0.15, 0.2) is 48.5 Å². The summed E-state index contributed by atoms with van der Waals surface area (Å²) < 4.78 is 0. The molecule has 4 aliphatic rings. The second kappa shape index (κ2) is 7.13. The third kappa shape index (κ3) is 3.45. The Balaban J connectivity index is 1.33. The molecule has 2 aromatic rings. The van der Waals surface area contributed by atoms with Crippen LogP contribution in [-0.2, 0) is 5.41 Å². The third-order valence-electron chi connectivity index (χ3n) is 7.16. The number of carbonyl (C=O) groups is 1. The fourth-order valence-electron chi connectivity index (χ4n) is 6.35. The predicted octanol–water partition coefficient (Wildman–Crippen LogP) is 5.26. The maximum atomic E-state index is 11.2. The Kier molecular flexibility index (Phi) is 4.44. The highest BCUT2D eigenvalue weighted by Gasteiger charge is 2.51. The fourth-order valence-corrected chi connectivity index (χ4v) is 6.35. The van der Waals surface area contributed by atoms with Gasteiger partial charge in [0.2, 0.25) is 0 Å². The summed E-state index contributed by atoms with van der Waals surface area (Å²) in [5.74, 6) is 13.5. The van der Waals surface area contributed by atoms with Gasteiger partial charge in [0.05, 0.1) is 5.56 Å². The summed E-state index contributed by atoms with van der Waals surface area (Å²) in [6.07, 6.45) is 8.51. The molecule has 0 aromatic heterocycles. The number of hydrogen-bond donors (Lipinski definition) is 1. The lowest BCUT2D eigenvalue weighted by molar-refractivity contribution is -0.00519. The minimum atomic E-state index is -0.969. The number of carboxylic acids is 1. The summed E-state index contributed by atoms with van der Waals surface area (Å²) in [6.45, 7) is 0. The van der Waals surface area contributed by atoms with Gasteiger partial charge in [-0.05, 0) is 103 Å². The zero-order valence-electron chi connectivity index (χ0n) is 16.4. The zero-order chi connectivity index (χ0) is 19.8. The summed E-state index contributed by atoms with van der Waals surface area (Å²) in [5.41, 5.74) is 3.58. The minimum absolute atomic E-state index is 0.210. The molecule has 0 atom stereocenters. The van der Waals surface area contributed by atoms with E-state index in [1.807, 2.05) is 0 Å². The smallest absolute Gasteiger partial charge is 0.336 e. The lowest BCUT2D eigenvalue weighted by Crippen LogP contribution is -2.48. The summed E-state index contributed by atoms with van der Waals surface area (Å²) in [7, 11) is 0. The Morgan fingerprint density at radius 3 is 2.03 bits per heavy atom. The van der Waals surface area contributed by atoms with E-state index in [2.05, 4.69) is 47.9 Å². The molecule has 0 unspecified atom stereocenters. The molecule has 0 heterocycles. The van der Waals surface area contributed by atoms with E-state index < -0.39 is 5.97 Å². The summed E-state index contributed by atoms with van der Waals surface area (Å²) in [4.78, 5) is 11.2. The Bertz CT molecular complexity index is 1030. The average molecular weight is 380 g/mol. The molecule has 4 fully saturated rings. The minimum Gasteiger partial charge on any atom is -0.478 e. The van der Waals surface area contributed by atoms with Crippen molar-refractivity contribution in [2.24, 2.45) is 17.8 Å². The highest BCUT2D eigenvalue weighted by Crippen LogP contribution is 2.60. The number of rotatable bonds is 2. The van der Waals surface area contributed by atoms with E-state index in [9.17, 15) is 9.90 Å². The molecule has 0 amide bonds. The van der Waals surface area contributed by atoms with Crippen LogP contribution < -0.4 is 0 Å². The van der Waals surface area contributed by atoms with Gasteiger partial charge in [-0.2, -0.15) is 0 Å². The van der Waals surface area contributed by atoms with Gasteiger partial charge in [-0.1, -0.05) is 36.1 Å². The van der Waals surface area contributed by atoms with E-state index in [1.165, 1.54) is 44.1 Å². The summed E-state index contributed by atoms with van der Waals surface area (Å²) in [5, 5.41) is 9.21. The van der Waals surface area contributed by atoms with Crippen LogP contribution in [-0.4, -0.2) is 11.1 Å². The van der Waals surface area contributed by atoms with Gasteiger partial charge in [0.25, 0.3) is 0 Å². The first kappa shape index (κ1) is 18.1. The van der Waals surface area contributed by atoms with Crippen LogP contribution in [0.25, 0.3) is 0 Å². The van der Waals surface area contributed by atoms with Gasteiger partial charge >= 0.3 is 5.97 Å². The molecular formula is C27H24O2. The summed E-state index contributed by atoms with van der Waals surface area (Å²) in [6, 6.07) is 15.6. The summed E-state index contributed by atoms with van der Waals surface area (Å²) >= 11 is 0. The standard InChI is InChI=1S/C27H24O2/c28-26(29)25-8-4-3-7-23(25)6-2-1-5-19-9-11-24(12-10-19)27-16-20-13-21(17-27)15-22(14-20)18-27/h3-4,7-12,20-22H,13-18H2,(H,28,29). The first-order valence-electron chi connectivity index (χ1n) is 10.6. The van der Waals surface area contributed by atoms with Gasteiger partial charge in [-0.3, -0.25) is 0 Å². The van der Waals surface area contributed by atoms with Gasteiger partial charge in [0.1, 0.15) is 0 Å². The number of benzene rings is 2. The first-order valence-corrected chi connectivity index (χ1v) is 10.6. The zero-order valence-corrected chi connectivity index (χ0v) is 16.4. The number of aromatic carboxylic acids is 1. The van der Waals surface area contributed by atoms with Gasteiger partial charge in [-0.25, -0.2) is 4.79 Å². The number of carboxylic acid groups (broad SMARTS) is 1. The van der Waals surface area contributed by atoms with Crippen LogP contribution in [0.3, 0.4) is 0 Å². The topological polar surface area (TPSA) is 37.3 Å². The molecule has 6 rings (SSSR count). The Hall–Kier alpha value is -2.97. The van der Waals surface area contributed by atoms with Crippen molar-refractivity contribution in [3.8, 4) is 23.7 Å². The van der Waals surface area contributed by atoms with Crippen LogP contribution in [0.2, 0.25) is 0 Å². The van der Waals surface area contributed by atoms with Crippen molar-refractivity contribution in [3.05, 3.63) is 70.8 Å². The van der Waals surface area contributed by atoms with E-state index in [-0.39, 0.29) is 5.56 Å². The maximum Gasteiger partial charge on any atom is 0.336 e.